The van der Waals surface area contributed by atoms with Crippen LogP contribution >= 0.6 is 31.9 Å². The van der Waals surface area contributed by atoms with Crippen molar-refractivity contribution in [1.29, 1.82) is 0 Å². The number of nitrogens with one attached hydrogen (secondary N) is 1. The van der Waals surface area contributed by atoms with E-state index < -0.39 is 17.8 Å². The Bertz CT molecular complexity index is 624. The van der Waals surface area contributed by atoms with Crippen molar-refractivity contribution >= 4 is 49.4 Å². The van der Waals surface area contributed by atoms with Gasteiger partial charge in [-0.25, -0.2) is 0 Å². The Kier molecular flexibility index (Phi) is 3.92. The fourth-order valence-corrected chi connectivity index (χ4v) is 4.54. The van der Waals surface area contributed by atoms with Gasteiger partial charge in [0, 0.05) is 8.95 Å². The van der Waals surface area contributed by atoms with Crippen molar-refractivity contribution in [3.8, 4) is 0 Å². The van der Waals surface area contributed by atoms with Crippen LogP contribution in [0.25, 0.3) is 0 Å². The summed E-state index contributed by atoms with van der Waals surface area (Å²) in [6, 6.07) is 5.51. The van der Waals surface area contributed by atoms with E-state index in [1.54, 1.807) is 0 Å². The first-order chi connectivity index (χ1) is 9.99. The van der Waals surface area contributed by atoms with Crippen LogP contribution in [0.5, 0.6) is 0 Å². The Labute approximate surface area is 138 Å². The highest BCUT2D eigenvalue weighted by Crippen LogP contribution is 2.48. The number of rotatable bonds is 3. The zero-order valence-corrected chi connectivity index (χ0v) is 14.1. The van der Waals surface area contributed by atoms with Crippen molar-refractivity contribution in [1.82, 2.24) is 0 Å². The van der Waals surface area contributed by atoms with Crippen molar-refractivity contribution in [3.63, 3.8) is 0 Å². The van der Waals surface area contributed by atoms with Gasteiger partial charge in [0.1, 0.15) is 0 Å². The fraction of sp³-hybridized carbons (Fsp3) is 0.333. The third kappa shape index (κ3) is 2.55. The maximum atomic E-state index is 12.6. The highest BCUT2D eigenvalue weighted by atomic mass is 79.9. The number of benzene rings is 1. The lowest BCUT2D eigenvalue weighted by Gasteiger charge is -2.24. The molecule has 0 aliphatic heterocycles. The molecule has 21 heavy (non-hydrogen) atoms. The molecular formula is C15H13Br2NO3. The van der Waals surface area contributed by atoms with Gasteiger partial charge in [0.25, 0.3) is 0 Å². The SMILES string of the molecule is O=C(O)C1C2C=CC(C2)C1C(=O)Nc1c(Br)cccc1Br. The molecule has 0 spiro atoms. The van der Waals surface area contributed by atoms with E-state index in [0.29, 0.717) is 5.69 Å². The predicted molar refractivity (Wildman–Crippen MR) is 85.8 cm³/mol. The average molecular weight is 415 g/mol. The molecule has 6 heteroatoms. The molecule has 2 N–H and O–H groups in total. The molecule has 110 valence electrons. The molecule has 1 saturated carbocycles. The quantitative estimate of drug-likeness (QED) is 0.741. The van der Waals surface area contributed by atoms with Crippen LogP contribution in [-0.2, 0) is 9.59 Å². The Morgan fingerprint density at radius 3 is 2.24 bits per heavy atom. The maximum absolute atomic E-state index is 12.6. The minimum Gasteiger partial charge on any atom is -0.481 e. The van der Waals surface area contributed by atoms with Gasteiger partial charge in [-0.1, -0.05) is 18.2 Å². The molecule has 2 aliphatic rings. The lowest BCUT2D eigenvalue weighted by atomic mass is 9.82. The molecular weight excluding hydrogens is 402 g/mol. The number of carbonyl (C=O) groups is 2. The van der Waals surface area contributed by atoms with Crippen molar-refractivity contribution < 1.29 is 14.7 Å². The summed E-state index contributed by atoms with van der Waals surface area (Å²) in [7, 11) is 0. The van der Waals surface area contributed by atoms with Crippen LogP contribution < -0.4 is 5.32 Å². The third-order valence-electron chi connectivity index (χ3n) is 4.26. The van der Waals surface area contributed by atoms with Gasteiger partial charge in [-0.05, 0) is 62.2 Å². The molecule has 1 amide bonds. The minimum atomic E-state index is -0.891. The lowest BCUT2D eigenvalue weighted by Crippen LogP contribution is -2.36. The van der Waals surface area contributed by atoms with Gasteiger partial charge >= 0.3 is 5.97 Å². The molecule has 2 bridgehead atoms. The topological polar surface area (TPSA) is 66.4 Å². The fourth-order valence-electron chi connectivity index (χ4n) is 3.34. The Balaban J connectivity index is 1.85. The number of para-hydroxylation sites is 1. The van der Waals surface area contributed by atoms with Crippen molar-refractivity contribution in [2.24, 2.45) is 23.7 Å². The highest BCUT2D eigenvalue weighted by Gasteiger charge is 2.51. The largest absolute Gasteiger partial charge is 0.481 e. The zero-order valence-electron chi connectivity index (χ0n) is 10.9. The first-order valence-electron chi connectivity index (χ1n) is 6.65. The molecule has 0 aromatic heterocycles. The van der Waals surface area contributed by atoms with Crippen LogP contribution in [0, 0.1) is 23.7 Å². The Morgan fingerprint density at radius 1 is 1.10 bits per heavy atom. The van der Waals surface area contributed by atoms with E-state index in [1.165, 1.54) is 0 Å². The van der Waals surface area contributed by atoms with E-state index in [2.05, 4.69) is 37.2 Å². The number of hydrogen-bond acceptors (Lipinski definition) is 2. The third-order valence-corrected chi connectivity index (χ3v) is 5.58. The summed E-state index contributed by atoms with van der Waals surface area (Å²) in [5.74, 6) is -2.24. The van der Waals surface area contributed by atoms with E-state index in [-0.39, 0.29) is 17.7 Å². The first-order valence-corrected chi connectivity index (χ1v) is 8.23. The van der Waals surface area contributed by atoms with Gasteiger partial charge in [0.05, 0.1) is 17.5 Å². The number of halogens is 2. The number of carbonyl (C=O) groups excluding carboxylic acids is 1. The number of fused-ring (bicyclic) bond motifs is 2. The zero-order chi connectivity index (χ0) is 15.1. The summed E-state index contributed by atoms with van der Waals surface area (Å²) in [5, 5.41) is 12.3. The molecule has 1 aromatic carbocycles. The van der Waals surface area contributed by atoms with Gasteiger partial charge in [-0.15, -0.1) is 0 Å². The van der Waals surface area contributed by atoms with E-state index in [4.69, 9.17) is 0 Å². The minimum absolute atomic E-state index is 0.0223. The van der Waals surface area contributed by atoms with Crippen LogP contribution in [0.15, 0.2) is 39.3 Å². The van der Waals surface area contributed by atoms with Gasteiger partial charge in [-0.2, -0.15) is 0 Å². The summed E-state index contributed by atoms with van der Waals surface area (Å²) in [5.41, 5.74) is 0.637. The Morgan fingerprint density at radius 2 is 1.67 bits per heavy atom. The summed E-state index contributed by atoms with van der Waals surface area (Å²) in [4.78, 5) is 24.0. The van der Waals surface area contributed by atoms with E-state index in [0.717, 1.165) is 15.4 Å². The number of amides is 1. The summed E-state index contributed by atoms with van der Waals surface area (Å²) in [6.07, 6.45) is 4.66. The molecule has 3 rings (SSSR count). The van der Waals surface area contributed by atoms with E-state index in [9.17, 15) is 14.7 Å². The molecule has 1 fully saturated rings. The summed E-state index contributed by atoms with van der Waals surface area (Å²) < 4.78 is 1.52. The summed E-state index contributed by atoms with van der Waals surface area (Å²) in [6.45, 7) is 0. The van der Waals surface area contributed by atoms with Crippen molar-refractivity contribution in [2.45, 2.75) is 6.42 Å². The van der Waals surface area contributed by atoms with Crippen LogP contribution in [0.3, 0.4) is 0 Å². The van der Waals surface area contributed by atoms with E-state index in [1.807, 2.05) is 30.4 Å². The van der Waals surface area contributed by atoms with Crippen LogP contribution in [0.2, 0.25) is 0 Å². The van der Waals surface area contributed by atoms with Crippen molar-refractivity contribution in [2.75, 3.05) is 5.32 Å². The number of hydrogen-bond donors (Lipinski definition) is 2. The highest BCUT2D eigenvalue weighted by molar-refractivity contribution is 9.11. The van der Waals surface area contributed by atoms with Gasteiger partial charge in [0.15, 0.2) is 0 Å². The number of carboxylic acids is 1. The molecule has 1 aromatic rings. The second kappa shape index (κ2) is 5.57. The monoisotopic (exact) mass is 413 g/mol. The van der Waals surface area contributed by atoms with Crippen molar-refractivity contribution in [3.05, 3.63) is 39.3 Å². The maximum Gasteiger partial charge on any atom is 0.307 e. The van der Waals surface area contributed by atoms with Crippen LogP contribution in [0.4, 0.5) is 5.69 Å². The number of allylic oxidation sites excluding steroid dienone is 2. The molecule has 0 saturated heterocycles. The lowest BCUT2D eigenvalue weighted by molar-refractivity contribution is -0.146. The summed E-state index contributed by atoms with van der Waals surface area (Å²) >= 11 is 6.79. The molecule has 4 unspecified atom stereocenters. The normalized spacial score (nSPS) is 29.6. The predicted octanol–water partition coefficient (Wildman–Crippen LogP) is 3.67. The number of anilines is 1. The molecule has 4 atom stereocenters. The Hall–Kier alpha value is -1.14. The first kappa shape index (κ1) is 14.8. The average Bonchev–Trinajstić information content (AvgIpc) is 3.03. The van der Waals surface area contributed by atoms with Crippen LogP contribution in [-0.4, -0.2) is 17.0 Å². The van der Waals surface area contributed by atoms with Gasteiger partial charge in [-0.3, -0.25) is 9.59 Å². The number of aliphatic carboxylic acids is 1. The molecule has 0 heterocycles. The molecule has 0 radical (unpaired) electrons. The van der Waals surface area contributed by atoms with Crippen LogP contribution in [0.1, 0.15) is 6.42 Å². The van der Waals surface area contributed by atoms with E-state index >= 15 is 0 Å². The number of carboxylic acid groups (broad SMARTS) is 1. The van der Waals surface area contributed by atoms with Gasteiger partial charge < -0.3 is 10.4 Å². The van der Waals surface area contributed by atoms with Gasteiger partial charge in [0.2, 0.25) is 5.91 Å². The molecule has 2 aliphatic carbocycles. The standard InChI is InChI=1S/C15H13Br2NO3/c16-9-2-1-3-10(17)13(9)18-14(19)11-7-4-5-8(6-7)12(11)15(20)21/h1-5,7-8,11-12H,6H2,(H,18,19)(H,20,21). The molecule has 4 nitrogen and oxygen atoms in total. The smallest absolute Gasteiger partial charge is 0.307 e. The second-order valence-corrected chi connectivity index (χ2v) is 7.13. The second-order valence-electron chi connectivity index (χ2n) is 5.42.